The molecule has 0 rings (SSSR count). The fraction of sp³-hybridized carbons (Fsp3) is 0.857. The van der Waals surface area contributed by atoms with Crippen LogP contribution in [0.15, 0.2) is 0 Å². The van der Waals surface area contributed by atoms with E-state index in [2.05, 4.69) is 6.92 Å². The van der Waals surface area contributed by atoms with E-state index in [9.17, 15) is 4.79 Å². The van der Waals surface area contributed by atoms with E-state index < -0.39 is 0 Å². The monoisotopic (exact) mass is 152 g/mol. The van der Waals surface area contributed by atoms with Crippen molar-refractivity contribution >= 4 is 35.5 Å². The van der Waals surface area contributed by atoms with Gasteiger partial charge in [-0.3, -0.25) is 4.79 Å². The van der Waals surface area contributed by atoms with Gasteiger partial charge in [0.15, 0.2) is 0 Å². The van der Waals surface area contributed by atoms with Gasteiger partial charge >= 0.3 is 0 Å². The molecule has 0 aliphatic carbocycles. The van der Waals surface area contributed by atoms with Crippen molar-refractivity contribution in [3.05, 3.63) is 0 Å². The molecule has 0 aliphatic heterocycles. The molecular weight excluding hydrogens is 137 g/mol. The van der Waals surface area contributed by atoms with Crippen molar-refractivity contribution < 1.29 is 4.79 Å². The molecule has 3 heteroatoms. The molecule has 0 spiro atoms. The number of hydrogen-bond donors (Lipinski definition) is 1. The summed E-state index contributed by atoms with van der Waals surface area (Å²) in [6.07, 6.45) is 5.08. The third-order valence-corrected chi connectivity index (χ3v) is 1.28. The summed E-state index contributed by atoms with van der Waals surface area (Å²) in [6.45, 7) is 2.14. The maximum Gasteiger partial charge on any atom is 0.217 e. The van der Waals surface area contributed by atoms with Gasteiger partial charge in [0, 0.05) is 36.0 Å². The number of nitrogens with two attached hydrogens (primary N) is 1. The predicted molar refractivity (Wildman–Crippen MR) is 43.7 cm³/mol. The van der Waals surface area contributed by atoms with Gasteiger partial charge in [0.05, 0.1) is 0 Å². The summed E-state index contributed by atoms with van der Waals surface area (Å²) < 4.78 is 0. The second-order valence-electron chi connectivity index (χ2n) is 2.28. The molecule has 0 aromatic carbocycles. The third-order valence-electron chi connectivity index (χ3n) is 1.28. The number of carbonyl (C=O) groups excluding carboxylic acids is 1. The zero-order valence-corrected chi connectivity index (χ0v) is 9.02. The van der Waals surface area contributed by atoms with Crippen LogP contribution in [-0.4, -0.2) is 35.5 Å². The van der Waals surface area contributed by atoms with Crippen LogP contribution in [0.1, 0.15) is 39.0 Å². The SMILES string of the molecule is CCCCCCC(N)=O.[Na]. The topological polar surface area (TPSA) is 43.1 Å². The van der Waals surface area contributed by atoms with Crippen LogP contribution in [0.25, 0.3) is 0 Å². The number of amides is 1. The molecule has 55 valence electrons. The molecule has 0 saturated heterocycles. The van der Waals surface area contributed by atoms with Crippen LogP contribution in [0.5, 0.6) is 0 Å². The van der Waals surface area contributed by atoms with Crippen molar-refractivity contribution in [2.75, 3.05) is 0 Å². The van der Waals surface area contributed by atoms with Gasteiger partial charge in [-0.05, 0) is 6.42 Å². The minimum atomic E-state index is -0.175. The number of primary amides is 1. The van der Waals surface area contributed by atoms with Crippen LogP contribution in [-0.2, 0) is 4.79 Å². The largest absolute Gasteiger partial charge is 0.370 e. The molecule has 0 aliphatic rings. The Labute approximate surface area is 84.8 Å². The Morgan fingerprint density at radius 2 is 1.90 bits per heavy atom. The van der Waals surface area contributed by atoms with Crippen molar-refractivity contribution in [3.63, 3.8) is 0 Å². The molecular formula is C7H15NNaO. The van der Waals surface area contributed by atoms with Gasteiger partial charge in [-0.25, -0.2) is 0 Å². The van der Waals surface area contributed by atoms with E-state index in [0.29, 0.717) is 6.42 Å². The van der Waals surface area contributed by atoms with Crippen LogP contribution in [0, 0.1) is 0 Å². The first-order valence-corrected chi connectivity index (χ1v) is 3.55. The second-order valence-corrected chi connectivity index (χ2v) is 2.28. The molecule has 1 amide bonds. The summed E-state index contributed by atoms with van der Waals surface area (Å²) in [7, 11) is 0. The number of rotatable bonds is 5. The molecule has 0 unspecified atom stereocenters. The Balaban J connectivity index is 0. The molecule has 10 heavy (non-hydrogen) atoms. The zero-order chi connectivity index (χ0) is 7.11. The minimum Gasteiger partial charge on any atom is -0.370 e. The molecule has 0 atom stereocenters. The normalized spacial score (nSPS) is 8.50. The van der Waals surface area contributed by atoms with Crippen LogP contribution in [0.4, 0.5) is 0 Å². The van der Waals surface area contributed by atoms with E-state index in [1.165, 1.54) is 12.8 Å². The Bertz CT molecular complexity index is 85.7. The maximum absolute atomic E-state index is 10.2. The Kier molecular flexibility index (Phi) is 12.4. The standard InChI is InChI=1S/C7H15NO.Na/c1-2-3-4-5-6-7(8)9;/h2-6H2,1H3,(H2,8,9);. The summed E-state index contributed by atoms with van der Waals surface area (Å²) in [5.41, 5.74) is 4.94. The first kappa shape index (κ1) is 13.1. The maximum atomic E-state index is 10.2. The first-order valence-electron chi connectivity index (χ1n) is 3.55. The van der Waals surface area contributed by atoms with Crippen LogP contribution < -0.4 is 5.73 Å². The average Bonchev–Trinajstić information content (AvgIpc) is 1.80. The van der Waals surface area contributed by atoms with Crippen molar-refractivity contribution in [1.82, 2.24) is 0 Å². The molecule has 0 aromatic rings. The van der Waals surface area contributed by atoms with E-state index in [0.717, 1.165) is 12.8 Å². The molecule has 1 radical (unpaired) electrons. The Morgan fingerprint density at radius 1 is 1.30 bits per heavy atom. The summed E-state index contributed by atoms with van der Waals surface area (Å²) in [4.78, 5) is 10.2. The quantitative estimate of drug-likeness (QED) is 0.464. The second kappa shape index (κ2) is 9.47. The van der Waals surface area contributed by atoms with Crippen LogP contribution >= 0.6 is 0 Å². The van der Waals surface area contributed by atoms with Gasteiger partial charge < -0.3 is 5.73 Å². The summed E-state index contributed by atoms with van der Waals surface area (Å²) >= 11 is 0. The smallest absolute Gasteiger partial charge is 0.217 e. The van der Waals surface area contributed by atoms with Gasteiger partial charge in [0.25, 0.3) is 0 Å². The van der Waals surface area contributed by atoms with Crippen LogP contribution in [0.2, 0.25) is 0 Å². The summed E-state index contributed by atoms with van der Waals surface area (Å²) in [5, 5.41) is 0. The Morgan fingerprint density at radius 3 is 2.30 bits per heavy atom. The minimum absolute atomic E-state index is 0. The van der Waals surface area contributed by atoms with Gasteiger partial charge in [0.2, 0.25) is 5.91 Å². The molecule has 0 aromatic heterocycles. The van der Waals surface area contributed by atoms with Crippen molar-refractivity contribution in [2.24, 2.45) is 5.73 Å². The predicted octanol–water partition coefficient (Wildman–Crippen LogP) is 1.06. The average molecular weight is 152 g/mol. The van der Waals surface area contributed by atoms with Gasteiger partial charge in [-0.15, -0.1) is 0 Å². The fourth-order valence-corrected chi connectivity index (χ4v) is 0.726. The van der Waals surface area contributed by atoms with E-state index in [1.807, 2.05) is 0 Å². The molecule has 0 heterocycles. The summed E-state index contributed by atoms with van der Waals surface area (Å²) in [6, 6.07) is 0. The van der Waals surface area contributed by atoms with E-state index >= 15 is 0 Å². The van der Waals surface area contributed by atoms with E-state index in [-0.39, 0.29) is 35.5 Å². The van der Waals surface area contributed by atoms with E-state index in [1.54, 1.807) is 0 Å². The number of hydrogen-bond acceptors (Lipinski definition) is 1. The van der Waals surface area contributed by atoms with Crippen molar-refractivity contribution in [2.45, 2.75) is 39.0 Å². The molecule has 2 nitrogen and oxygen atoms in total. The molecule has 0 bridgehead atoms. The first-order chi connectivity index (χ1) is 4.27. The Hall–Kier alpha value is 0.470. The molecule has 2 N–H and O–H groups in total. The number of unbranched alkanes of at least 4 members (excludes halogenated alkanes) is 3. The molecule has 0 saturated carbocycles. The van der Waals surface area contributed by atoms with Gasteiger partial charge in [0.1, 0.15) is 0 Å². The number of carbonyl (C=O) groups is 1. The van der Waals surface area contributed by atoms with Crippen molar-refractivity contribution in [1.29, 1.82) is 0 Å². The van der Waals surface area contributed by atoms with Crippen molar-refractivity contribution in [3.8, 4) is 0 Å². The van der Waals surface area contributed by atoms with E-state index in [4.69, 9.17) is 5.73 Å². The van der Waals surface area contributed by atoms with Crippen LogP contribution in [0.3, 0.4) is 0 Å². The molecule has 0 fully saturated rings. The summed E-state index contributed by atoms with van der Waals surface area (Å²) in [5.74, 6) is -0.175. The zero-order valence-electron chi connectivity index (χ0n) is 7.02. The third kappa shape index (κ3) is 11.3. The van der Waals surface area contributed by atoms with Gasteiger partial charge in [-0.1, -0.05) is 26.2 Å². The fourth-order valence-electron chi connectivity index (χ4n) is 0.726. The van der Waals surface area contributed by atoms with Gasteiger partial charge in [-0.2, -0.15) is 0 Å².